The smallest absolute Gasteiger partial charge is 0.343 e. The maximum Gasteiger partial charge on any atom is 0.343 e. The number of imide groups is 1. The van der Waals surface area contributed by atoms with E-state index in [2.05, 4.69) is 20.6 Å². The maximum absolute atomic E-state index is 14.3. The fourth-order valence-corrected chi connectivity index (χ4v) is 5.95. The summed E-state index contributed by atoms with van der Waals surface area (Å²) in [6.45, 7) is -0.809. The van der Waals surface area contributed by atoms with Crippen LogP contribution in [0.2, 0.25) is 0 Å². The van der Waals surface area contributed by atoms with Crippen molar-refractivity contribution in [1.82, 2.24) is 20.4 Å². The highest BCUT2D eigenvalue weighted by molar-refractivity contribution is 6.12. The van der Waals surface area contributed by atoms with Gasteiger partial charge in [0.05, 0.1) is 18.7 Å². The molecule has 6 rings (SSSR count). The summed E-state index contributed by atoms with van der Waals surface area (Å²) in [7, 11) is 0. The number of nitrogens with one attached hydrogen (secondary N) is 3. The van der Waals surface area contributed by atoms with Crippen molar-refractivity contribution in [3.63, 3.8) is 0 Å². The van der Waals surface area contributed by atoms with Crippen molar-refractivity contribution in [3.8, 4) is 0 Å². The Bertz CT molecular complexity index is 1520. The number of urea groups is 1. The Balaban J connectivity index is 1.29. The van der Waals surface area contributed by atoms with Gasteiger partial charge in [-0.15, -0.1) is 0 Å². The van der Waals surface area contributed by atoms with Gasteiger partial charge in [-0.2, -0.15) is 0 Å². The van der Waals surface area contributed by atoms with E-state index in [9.17, 15) is 33.4 Å². The van der Waals surface area contributed by atoms with Gasteiger partial charge in [-0.25, -0.2) is 23.9 Å². The zero-order chi connectivity index (χ0) is 29.3. The lowest BCUT2D eigenvalue weighted by Gasteiger charge is -2.46. The SMILES string of the molecule is NC1=N[C@@H](CN2C(=O)CN(c3ccccc3)C2=O)[C@@H]2[NH+]=C(N)N[C@]23N1C[C@H](NC(=O)c1cccc(F)c1F)C3(O)O. The van der Waals surface area contributed by atoms with E-state index in [0.717, 1.165) is 23.1 Å². The first kappa shape index (κ1) is 26.4. The van der Waals surface area contributed by atoms with Crippen LogP contribution in [0.3, 0.4) is 0 Å². The molecule has 4 aliphatic heterocycles. The largest absolute Gasteiger partial charge is 0.370 e. The Morgan fingerprint density at radius 2 is 1.88 bits per heavy atom. The molecule has 214 valence electrons. The lowest BCUT2D eigenvalue weighted by atomic mass is 9.84. The number of aliphatic hydroxyl groups is 2. The van der Waals surface area contributed by atoms with Gasteiger partial charge in [0, 0.05) is 5.69 Å². The van der Waals surface area contributed by atoms with E-state index >= 15 is 0 Å². The summed E-state index contributed by atoms with van der Waals surface area (Å²) in [6.07, 6.45) is 0. The fraction of sp³-hybridized carbons (Fsp3) is 0.320. The van der Waals surface area contributed by atoms with E-state index in [1.807, 2.05) is 0 Å². The molecule has 4 atom stereocenters. The second kappa shape index (κ2) is 9.10. The average Bonchev–Trinajstić information content (AvgIpc) is 3.51. The van der Waals surface area contributed by atoms with E-state index in [1.54, 1.807) is 30.3 Å². The third-order valence-electron chi connectivity index (χ3n) is 7.88. The molecule has 41 heavy (non-hydrogen) atoms. The highest BCUT2D eigenvalue weighted by Gasteiger charge is 2.76. The van der Waals surface area contributed by atoms with Crippen LogP contribution in [0.25, 0.3) is 0 Å². The Hall–Kier alpha value is -4.83. The number of nitrogens with two attached hydrogens (primary N) is 2. The van der Waals surface area contributed by atoms with Crippen molar-refractivity contribution in [2.75, 3.05) is 24.5 Å². The number of para-hydroxylation sites is 1. The summed E-state index contributed by atoms with van der Waals surface area (Å²) in [5.41, 5.74) is 10.2. The molecule has 2 fully saturated rings. The number of carbonyl (C=O) groups is 3. The van der Waals surface area contributed by atoms with Gasteiger partial charge in [-0.3, -0.25) is 35.0 Å². The maximum atomic E-state index is 14.3. The number of rotatable bonds is 5. The van der Waals surface area contributed by atoms with Crippen molar-refractivity contribution in [2.45, 2.75) is 29.6 Å². The summed E-state index contributed by atoms with van der Waals surface area (Å²) < 4.78 is 28.0. The van der Waals surface area contributed by atoms with Crippen molar-refractivity contribution in [2.24, 2.45) is 16.5 Å². The molecular formula is C25H26F2N9O5+. The fourth-order valence-electron chi connectivity index (χ4n) is 5.95. The molecule has 2 aromatic carbocycles. The van der Waals surface area contributed by atoms with Crippen molar-refractivity contribution in [3.05, 3.63) is 65.7 Å². The first-order valence-corrected chi connectivity index (χ1v) is 12.6. The molecule has 0 radical (unpaired) electrons. The van der Waals surface area contributed by atoms with Crippen LogP contribution in [-0.2, 0) is 4.79 Å². The van der Waals surface area contributed by atoms with Gasteiger partial charge in [0.1, 0.15) is 18.6 Å². The molecule has 4 heterocycles. The lowest BCUT2D eigenvalue weighted by molar-refractivity contribution is -0.521. The van der Waals surface area contributed by atoms with Gasteiger partial charge in [0.2, 0.25) is 5.79 Å². The number of hydrogen-bond donors (Lipinski definition) is 7. The minimum absolute atomic E-state index is 0.0875. The topological polar surface area (TPSA) is 204 Å². The van der Waals surface area contributed by atoms with Crippen molar-refractivity contribution < 1.29 is 38.4 Å². The predicted octanol–water partition coefficient (Wildman–Crippen LogP) is -3.71. The third-order valence-corrected chi connectivity index (χ3v) is 7.88. The molecule has 9 N–H and O–H groups in total. The molecule has 0 unspecified atom stereocenters. The summed E-state index contributed by atoms with van der Waals surface area (Å²) in [5.74, 6) is -7.37. The van der Waals surface area contributed by atoms with Crippen molar-refractivity contribution in [1.29, 1.82) is 0 Å². The zero-order valence-corrected chi connectivity index (χ0v) is 21.3. The monoisotopic (exact) mass is 570 g/mol. The number of benzene rings is 2. The molecular weight excluding hydrogens is 544 g/mol. The van der Waals surface area contributed by atoms with Crippen LogP contribution >= 0.6 is 0 Å². The molecule has 1 spiro atoms. The first-order chi connectivity index (χ1) is 19.5. The normalized spacial score (nSPS) is 28.2. The molecule has 16 heteroatoms. The van der Waals surface area contributed by atoms with Gasteiger partial charge in [-0.1, -0.05) is 24.3 Å². The highest BCUT2D eigenvalue weighted by atomic mass is 19.2. The summed E-state index contributed by atoms with van der Waals surface area (Å²) in [6, 6.07) is 7.43. The number of amides is 4. The minimum Gasteiger partial charge on any atom is -0.370 e. The average molecular weight is 571 g/mol. The van der Waals surface area contributed by atoms with E-state index in [0.29, 0.717) is 5.69 Å². The quantitative estimate of drug-likeness (QED) is 0.139. The number of nitrogens with zero attached hydrogens (tertiary/aromatic N) is 4. The van der Waals surface area contributed by atoms with E-state index in [-0.39, 0.29) is 31.6 Å². The van der Waals surface area contributed by atoms with Gasteiger partial charge < -0.3 is 21.3 Å². The van der Waals surface area contributed by atoms with Crippen LogP contribution < -0.4 is 32.0 Å². The summed E-state index contributed by atoms with van der Waals surface area (Å²) in [5, 5.41) is 28.2. The zero-order valence-electron chi connectivity index (χ0n) is 21.3. The van der Waals surface area contributed by atoms with Gasteiger partial charge >= 0.3 is 12.0 Å². The van der Waals surface area contributed by atoms with Crippen LogP contribution in [0.1, 0.15) is 10.4 Å². The molecule has 2 saturated heterocycles. The number of halogens is 2. The molecule has 0 bridgehead atoms. The Labute approximate surface area is 230 Å². The predicted molar refractivity (Wildman–Crippen MR) is 138 cm³/mol. The highest BCUT2D eigenvalue weighted by Crippen LogP contribution is 2.41. The molecule has 0 aromatic heterocycles. The van der Waals surface area contributed by atoms with Crippen LogP contribution in [0, 0.1) is 11.6 Å². The first-order valence-electron chi connectivity index (χ1n) is 12.6. The Morgan fingerprint density at radius 1 is 1.15 bits per heavy atom. The molecule has 0 aliphatic carbocycles. The standard InChI is InChI=1S/C25H25F2N9O5/c26-14-8-4-7-13(18(14)27)20(38)31-16-10-36-22(29)30-15(19-24(36,25(16,40)41)33-21(28)32-19)9-35-17(37)11-34(23(35)39)12-5-2-1-3-6-12/h1-8,15-16,19,40-41H,9-11H2,(H2,29,30)(H,31,38)(H3,28,32,33)/p+1/t15-,16-,19-,24-/m0/s1. The summed E-state index contributed by atoms with van der Waals surface area (Å²) in [4.78, 5) is 49.8. The molecule has 4 amide bonds. The number of carbonyl (C=O) groups excluding carboxylic acids is 3. The van der Waals surface area contributed by atoms with E-state index in [1.165, 1.54) is 9.80 Å². The van der Waals surface area contributed by atoms with Crippen LogP contribution in [0.5, 0.6) is 0 Å². The minimum atomic E-state index is -2.83. The van der Waals surface area contributed by atoms with Crippen LogP contribution in [-0.4, -0.2) is 99.0 Å². The van der Waals surface area contributed by atoms with Crippen LogP contribution in [0.4, 0.5) is 19.3 Å². The summed E-state index contributed by atoms with van der Waals surface area (Å²) >= 11 is 0. The molecule has 2 aromatic rings. The second-order valence-electron chi connectivity index (χ2n) is 10.2. The number of anilines is 1. The van der Waals surface area contributed by atoms with Gasteiger partial charge in [-0.05, 0) is 24.3 Å². The lowest BCUT2D eigenvalue weighted by Crippen LogP contribution is -2.90. The number of hydrogen-bond acceptors (Lipinski definition) is 10. The van der Waals surface area contributed by atoms with E-state index in [4.69, 9.17) is 11.5 Å². The number of aliphatic imine (C=N–C) groups is 1. The third kappa shape index (κ3) is 3.78. The second-order valence-corrected chi connectivity index (χ2v) is 10.2. The van der Waals surface area contributed by atoms with Gasteiger partial charge in [0.15, 0.2) is 23.6 Å². The Kier molecular flexibility index (Phi) is 5.86. The van der Waals surface area contributed by atoms with Crippen molar-refractivity contribution >= 4 is 35.5 Å². The number of guanidine groups is 2. The van der Waals surface area contributed by atoms with E-state index < -0.39 is 64.6 Å². The Morgan fingerprint density at radius 3 is 2.61 bits per heavy atom. The van der Waals surface area contributed by atoms with Gasteiger partial charge in [0.25, 0.3) is 17.5 Å². The molecule has 14 nitrogen and oxygen atoms in total. The molecule has 4 aliphatic rings. The van der Waals surface area contributed by atoms with Crippen LogP contribution in [0.15, 0.2) is 53.5 Å². The molecule has 0 saturated carbocycles.